The van der Waals surface area contributed by atoms with Crippen LogP contribution in [0, 0.1) is 6.92 Å². The fourth-order valence-electron chi connectivity index (χ4n) is 3.22. The summed E-state index contributed by atoms with van der Waals surface area (Å²) in [4.78, 5) is 25.9. The maximum absolute atomic E-state index is 13.0. The third-order valence-corrected chi connectivity index (χ3v) is 5.50. The number of hydrogen-bond acceptors (Lipinski definition) is 4. The first-order valence-electron chi connectivity index (χ1n) is 10.4. The number of anilines is 1. The Balaban J connectivity index is 1.68. The van der Waals surface area contributed by atoms with Gasteiger partial charge in [-0.2, -0.15) is 0 Å². The molecule has 0 aromatic heterocycles. The Morgan fingerprint density at radius 3 is 2.39 bits per heavy atom. The molecule has 3 aromatic rings. The van der Waals surface area contributed by atoms with Crippen molar-refractivity contribution >= 4 is 40.7 Å². The van der Waals surface area contributed by atoms with Gasteiger partial charge in [0.25, 0.3) is 5.91 Å². The second-order valence-electron chi connectivity index (χ2n) is 7.39. The monoisotopic (exact) mass is 485 g/mol. The minimum absolute atomic E-state index is 0.295. The Kier molecular flexibility index (Phi) is 8.58. The van der Waals surface area contributed by atoms with Gasteiger partial charge in [0.05, 0.1) is 7.11 Å². The number of carbonyl (C=O) groups is 2. The van der Waals surface area contributed by atoms with E-state index in [1.54, 1.807) is 43.5 Å². The van der Waals surface area contributed by atoms with Crippen LogP contribution >= 0.6 is 23.2 Å². The molecule has 3 N–H and O–H groups in total. The number of hydrogen-bond donors (Lipinski definition) is 3. The van der Waals surface area contributed by atoms with Gasteiger partial charge >= 0.3 is 0 Å². The Labute approximate surface area is 203 Å². The molecule has 172 valence electrons. The average Bonchev–Trinajstić information content (AvgIpc) is 2.81. The average molecular weight is 486 g/mol. The van der Waals surface area contributed by atoms with E-state index < -0.39 is 6.04 Å². The molecule has 3 aromatic carbocycles. The van der Waals surface area contributed by atoms with Gasteiger partial charge in [-0.15, -0.1) is 0 Å². The highest BCUT2D eigenvalue weighted by atomic mass is 35.5. The number of halogens is 2. The summed E-state index contributed by atoms with van der Waals surface area (Å²) >= 11 is 12.4. The smallest absolute Gasteiger partial charge is 0.252 e. The Morgan fingerprint density at radius 1 is 0.970 bits per heavy atom. The van der Waals surface area contributed by atoms with Gasteiger partial charge in [0.15, 0.2) is 0 Å². The van der Waals surface area contributed by atoms with Crippen LogP contribution in [0.15, 0.2) is 66.7 Å². The molecule has 1 atom stereocenters. The Morgan fingerprint density at radius 2 is 1.73 bits per heavy atom. The minimum atomic E-state index is -0.983. The standard InChI is InChI=1S/C25H25Cl2N3O3/c1-16-4-3-5-17(14-16)24(31)30-23(21-11-6-18(26)15-22(21)27)25(32)29-13-12-28-19-7-9-20(33-2)10-8-19/h3-11,14-15,23,28H,12-13H2,1-2H3,(H,29,32)(H,30,31). The highest BCUT2D eigenvalue weighted by Crippen LogP contribution is 2.27. The summed E-state index contributed by atoms with van der Waals surface area (Å²) in [6, 6.07) is 18.4. The highest BCUT2D eigenvalue weighted by Gasteiger charge is 2.25. The van der Waals surface area contributed by atoms with Crippen LogP contribution in [0.3, 0.4) is 0 Å². The number of methoxy groups -OCH3 is 1. The summed E-state index contributed by atoms with van der Waals surface area (Å²) in [6.45, 7) is 2.73. The van der Waals surface area contributed by atoms with Crippen molar-refractivity contribution in [1.29, 1.82) is 0 Å². The predicted octanol–water partition coefficient (Wildman–Crippen LogP) is 5.01. The van der Waals surface area contributed by atoms with Crippen LogP contribution in [0.1, 0.15) is 27.5 Å². The van der Waals surface area contributed by atoms with E-state index in [4.69, 9.17) is 27.9 Å². The maximum atomic E-state index is 13.0. The van der Waals surface area contributed by atoms with Crippen molar-refractivity contribution in [3.05, 3.63) is 93.5 Å². The van der Waals surface area contributed by atoms with Gasteiger partial charge in [-0.25, -0.2) is 0 Å². The molecule has 0 spiro atoms. The lowest BCUT2D eigenvalue weighted by molar-refractivity contribution is -0.123. The Hall–Kier alpha value is -3.22. The van der Waals surface area contributed by atoms with Crippen LogP contribution in [0.5, 0.6) is 5.75 Å². The first-order valence-corrected chi connectivity index (χ1v) is 11.1. The second-order valence-corrected chi connectivity index (χ2v) is 8.23. The van der Waals surface area contributed by atoms with E-state index >= 15 is 0 Å². The molecule has 33 heavy (non-hydrogen) atoms. The van der Waals surface area contributed by atoms with Crippen molar-refractivity contribution in [3.8, 4) is 5.75 Å². The van der Waals surface area contributed by atoms with E-state index in [9.17, 15) is 9.59 Å². The van der Waals surface area contributed by atoms with Crippen LogP contribution in [-0.4, -0.2) is 32.0 Å². The number of ether oxygens (including phenoxy) is 1. The molecule has 0 radical (unpaired) electrons. The van der Waals surface area contributed by atoms with E-state index in [2.05, 4.69) is 16.0 Å². The number of amides is 2. The number of carbonyl (C=O) groups excluding carboxylic acids is 2. The summed E-state index contributed by atoms with van der Waals surface area (Å²) in [7, 11) is 1.61. The van der Waals surface area contributed by atoms with Gasteiger partial charge < -0.3 is 20.7 Å². The van der Waals surface area contributed by atoms with Gasteiger partial charge in [-0.3, -0.25) is 9.59 Å². The molecular weight excluding hydrogens is 461 g/mol. The fourth-order valence-corrected chi connectivity index (χ4v) is 3.74. The second kappa shape index (κ2) is 11.6. The van der Waals surface area contributed by atoms with Gasteiger partial charge in [-0.1, -0.05) is 47.0 Å². The molecule has 0 fully saturated rings. The molecule has 8 heteroatoms. The number of rotatable bonds is 9. The molecule has 0 heterocycles. The van der Waals surface area contributed by atoms with E-state index in [-0.39, 0.29) is 11.8 Å². The van der Waals surface area contributed by atoms with Crippen molar-refractivity contribution in [2.24, 2.45) is 0 Å². The van der Waals surface area contributed by atoms with Crippen molar-refractivity contribution in [2.75, 3.05) is 25.5 Å². The number of nitrogens with one attached hydrogen (secondary N) is 3. The van der Waals surface area contributed by atoms with Crippen molar-refractivity contribution in [1.82, 2.24) is 10.6 Å². The van der Waals surface area contributed by atoms with Gasteiger partial charge in [0.1, 0.15) is 11.8 Å². The fraction of sp³-hybridized carbons (Fsp3) is 0.200. The van der Waals surface area contributed by atoms with Crippen molar-refractivity contribution in [2.45, 2.75) is 13.0 Å². The summed E-state index contributed by atoms with van der Waals surface area (Å²) in [6.07, 6.45) is 0. The molecule has 0 aliphatic heterocycles. The van der Waals surface area contributed by atoms with E-state index in [0.29, 0.717) is 34.3 Å². The van der Waals surface area contributed by atoms with Crippen molar-refractivity contribution in [3.63, 3.8) is 0 Å². The lowest BCUT2D eigenvalue weighted by Crippen LogP contribution is -2.42. The zero-order valence-electron chi connectivity index (χ0n) is 18.3. The third-order valence-electron chi connectivity index (χ3n) is 4.93. The predicted molar refractivity (Wildman–Crippen MR) is 132 cm³/mol. The molecule has 0 bridgehead atoms. The normalized spacial score (nSPS) is 11.4. The topological polar surface area (TPSA) is 79.5 Å². The number of benzene rings is 3. The van der Waals surface area contributed by atoms with E-state index in [1.807, 2.05) is 37.3 Å². The first kappa shape index (κ1) is 24.4. The SMILES string of the molecule is COc1ccc(NCCNC(=O)C(NC(=O)c2cccc(C)c2)c2ccc(Cl)cc2Cl)cc1. The maximum Gasteiger partial charge on any atom is 0.252 e. The molecule has 2 amide bonds. The highest BCUT2D eigenvalue weighted by molar-refractivity contribution is 6.35. The van der Waals surface area contributed by atoms with E-state index in [0.717, 1.165) is 17.0 Å². The van der Waals surface area contributed by atoms with Gasteiger partial charge in [0, 0.05) is 39.9 Å². The summed E-state index contributed by atoms with van der Waals surface area (Å²) < 4.78 is 5.14. The van der Waals surface area contributed by atoms with Crippen molar-refractivity contribution < 1.29 is 14.3 Å². The molecule has 0 aliphatic carbocycles. The van der Waals surface area contributed by atoms with Crippen LogP contribution in [0.2, 0.25) is 10.0 Å². The molecular formula is C25H25Cl2N3O3. The van der Waals surface area contributed by atoms with Crippen LogP contribution in [0.4, 0.5) is 5.69 Å². The summed E-state index contributed by atoms with van der Waals surface area (Å²) in [5.74, 6) is 0.0128. The number of aryl methyl sites for hydroxylation is 1. The van der Waals surface area contributed by atoms with Crippen LogP contribution in [0.25, 0.3) is 0 Å². The molecule has 6 nitrogen and oxygen atoms in total. The molecule has 0 saturated heterocycles. The summed E-state index contributed by atoms with van der Waals surface area (Å²) in [5.41, 5.74) is 2.76. The minimum Gasteiger partial charge on any atom is -0.497 e. The van der Waals surface area contributed by atoms with Gasteiger partial charge in [0.2, 0.25) is 5.91 Å². The molecule has 0 aliphatic rings. The van der Waals surface area contributed by atoms with E-state index in [1.165, 1.54) is 0 Å². The lowest BCUT2D eigenvalue weighted by Gasteiger charge is -2.20. The van der Waals surface area contributed by atoms with Crippen LogP contribution < -0.4 is 20.7 Å². The summed E-state index contributed by atoms with van der Waals surface area (Å²) in [5, 5.41) is 9.60. The largest absolute Gasteiger partial charge is 0.497 e. The zero-order chi connectivity index (χ0) is 23.8. The quantitative estimate of drug-likeness (QED) is 0.372. The molecule has 1 unspecified atom stereocenters. The Bertz CT molecular complexity index is 1120. The van der Waals surface area contributed by atoms with Gasteiger partial charge in [-0.05, 0) is 55.5 Å². The third kappa shape index (κ3) is 6.88. The lowest BCUT2D eigenvalue weighted by atomic mass is 10.0. The molecule has 0 saturated carbocycles. The molecule has 3 rings (SSSR count). The van der Waals surface area contributed by atoms with Crippen LogP contribution in [-0.2, 0) is 4.79 Å². The first-order chi connectivity index (χ1) is 15.9. The zero-order valence-corrected chi connectivity index (χ0v) is 19.8.